The van der Waals surface area contributed by atoms with Gasteiger partial charge in [0.2, 0.25) is 0 Å². The number of hydrogen-bond acceptors (Lipinski definition) is 3. The van der Waals surface area contributed by atoms with Crippen molar-refractivity contribution in [1.29, 1.82) is 0 Å². The van der Waals surface area contributed by atoms with Crippen molar-refractivity contribution >= 4 is 11.9 Å². The summed E-state index contributed by atoms with van der Waals surface area (Å²) >= 11 is 0. The Bertz CT molecular complexity index is 724. The Morgan fingerprint density at radius 2 is 1.57 bits per heavy atom. The van der Waals surface area contributed by atoms with E-state index in [0.29, 0.717) is 18.4 Å². The van der Waals surface area contributed by atoms with Crippen molar-refractivity contribution in [2.24, 2.45) is 5.41 Å². The average molecular weight is 426 g/mol. The zero-order chi connectivity index (χ0) is 22.1. The summed E-state index contributed by atoms with van der Waals surface area (Å²) in [5, 5.41) is 21.5. The normalized spacial score (nSPS) is 17.9. The molecule has 0 heterocycles. The molecule has 0 spiro atoms. The van der Waals surface area contributed by atoms with E-state index in [4.69, 9.17) is 0 Å². The second-order valence-corrected chi connectivity index (χ2v) is 8.40. The van der Waals surface area contributed by atoms with Crippen molar-refractivity contribution in [3.05, 3.63) is 34.9 Å². The Morgan fingerprint density at radius 1 is 1.00 bits per heavy atom. The van der Waals surface area contributed by atoms with Crippen molar-refractivity contribution in [1.82, 2.24) is 5.32 Å². The Morgan fingerprint density at radius 3 is 2.17 bits per heavy atom. The lowest BCUT2D eigenvalue weighted by molar-refractivity contribution is -0.164. The Labute approximate surface area is 176 Å². The molecular weight excluding hydrogens is 392 g/mol. The van der Waals surface area contributed by atoms with Crippen LogP contribution in [-0.2, 0) is 22.6 Å². The van der Waals surface area contributed by atoms with Gasteiger partial charge in [-0.2, -0.15) is 0 Å². The van der Waals surface area contributed by atoms with Crippen LogP contribution < -0.4 is 5.32 Å². The number of benzene rings is 1. The van der Waals surface area contributed by atoms with E-state index in [-0.39, 0.29) is 31.0 Å². The van der Waals surface area contributed by atoms with Crippen LogP contribution in [0.4, 0.5) is 8.78 Å². The number of halogens is 2. The first-order valence-electron chi connectivity index (χ1n) is 11.0. The van der Waals surface area contributed by atoms with Crippen LogP contribution in [0.3, 0.4) is 0 Å². The summed E-state index contributed by atoms with van der Waals surface area (Å²) in [6.45, 7) is 2.20. The van der Waals surface area contributed by atoms with Gasteiger partial charge in [0.25, 0.3) is 0 Å². The quantitative estimate of drug-likeness (QED) is 0.304. The number of aliphatic carboxylic acids is 2. The number of carboxylic acids is 2. The van der Waals surface area contributed by atoms with Gasteiger partial charge in [0.05, 0.1) is 0 Å². The highest BCUT2D eigenvalue weighted by Gasteiger charge is 2.51. The zero-order valence-electron chi connectivity index (χ0n) is 17.7. The third-order valence-electron chi connectivity index (χ3n) is 6.21. The molecule has 1 aliphatic rings. The molecule has 168 valence electrons. The predicted octanol–water partition coefficient (Wildman–Crippen LogP) is 5.06. The van der Waals surface area contributed by atoms with E-state index in [1.807, 2.05) is 0 Å². The predicted molar refractivity (Wildman–Crippen MR) is 110 cm³/mol. The molecule has 1 saturated carbocycles. The van der Waals surface area contributed by atoms with Crippen LogP contribution in [0.25, 0.3) is 0 Å². The summed E-state index contributed by atoms with van der Waals surface area (Å²) in [5.74, 6) is -4.42. The molecule has 0 saturated heterocycles. The SMILES string of the molecule is CCCCCCCCCc1ccc(CNC2CCC(C(=O)O)(C(=O)O)C2)c(F)c1F. The number of carbonyl (C=O) groups is 2. The highest BCUT2D eigenvalue weighted by atomic mass is 19.2. The van der Waals surface area contributed by atoms with Crippen molar-refractivity contribution in [2.45, 2.75) is 90.1 Å². The molecular formula is C23H33F2NO4. The molecule has 0 amide bonds. The number of carboxylic acid groups (broad SMARTS) is 2. The first kappa shape index (κ1) is 24.3. The fraction of sp³-hybridized carbons (Fsp3) is 0.652. The minimum Gasteiger partial charge on any atom is -0.480 e. The van der Waals surface area contributed by atoms with E-state index < -0.39 is 29.0 Å². The van der Waals surface area contributed by atoms with Gasteiger partial charge in [0, 0.05) is 18.2 Å². The molecule has 2 rings (SSSR count). The van der Waals surface area contributed by atoms with E-state index in [2.05, 4.69) is 12.2 Å². The first-order chi connectivity index (χ1) is 14.3. The number of hydrogen-bond donors (Lipinski definition) is 3. The highest BCUT2D eigenvalue weighted by Crippen LogP contribution is 2.39. The molecule has 1 fully saturated rings. The molecule has 0 radical (unpaired) electrons. The summed E-state index contributed by atoms with van der Waals surface area (Å²) in [7, 11) is 0. The minimum atomic E-state index is -1.80. The van der Waals surface area contributed by atoms with E-state index in [9.17, 15) is 28.6 Å². The lowest BCUT2D eigenvalue weighted by atomic mass is 9.86. The van der Waals surface area contributed by atoms with Gasteiger partial charge in [-0.3, -0.25) is 9.59 Å². The third-order valence-corrected chi connectivity index (χ3v) is 6.21. The van der Waals surface area contributed by atoms with Gasteiger partial charge in [-0.1, -0.05) is 57.6 Å². The fourth-order valence-electron chi connectivity index (χ4n) is 4.19. The van der Waals surface area contributed by atoms with Crippen LogP contribution in [0.15, 0.2) is 12.1 Å². The second-order valence-electron chi connectivity index (χ2n) is 8.40. The van der Waals surface area contributed by atoms with Crippen molar-refractivity contribution in [3.63, 3.8) is 0 Å². The van der Waals surface area contributed by atoms with Crippen LogP contribution in [0.5, 0.6) is 0 Å². The lowest BCUT2D eigenvalue weighted by Gasteiger charge is -2.19. The standard InChI is InChI=1S/C23H33F2NO4/c1-2-3-4-5-6-7-8-9-16-10-11-17(20(25)19(16)24)15-26-18-12-13-23(14-18,21(27)28)22(29)30/h10-11,18,26H,2-9,12-15H2,1H3,(H,27,28)(H,29,30). The van der Waals surface area contributed by atoms with Crippen molar-refractivity contribution in [2.75, 3.05) is 0 Å². The van der Waals surface area contributed by atoms with Crippen LogP contribution in [0.2, 0.25) is 0 Å². The van der Waals surface area contributed by atoms with Gasteiger partial charge < -0.3 is 15.5 Å². The summed E-state index contributed by atoms with van der Waals surface area (Å²) in [6.07, 6.45) is 8.61. The topological polar surface area (TPSA) is 86.6 Å². The summed E-state index contributed by atoms with van der Waals surface area (Å²) < 4.78 is 28.9. The van der Waals surface area contributed by atoms with Gasteiger partial charge in [0.1, 0.15) is 0 Å². The number of rotatable bonds is 13. The number of aryl methyl sites for hydroxylation is 1. The van der Waals surface area contributed by atoms with Crippen molar-refractivity contribution in [3.8, 4) is 0 Å². The summed E-state index contributed by atoms with van der Waals surface area (Å²) in [5.41, 5.74) is -1.26. The molecule has 1 atom stereocenters. The zero-order valence-corrected chi connectivity index (χ0v) is 17.7. The lowest BCUT2D eigenvalue weighted by Crippen LogP contribution is -2.39. The number of nitrogens with one attached hydrogen (secondary N) is 1. The summed E-state index contributed by atoms with van der Waals surface area (Å²) in [4.78, 5) is 22.8. The van der Waals surface area contributed by atoms with E-state index in [1.54, 1.807) is 12.1 Å². The number of unbranched alkanes of at least 4 members (excludes halogenated alkanes) is 6. The Hall–Kier alpha value is -2.02. The van der Waals surface area contributed by atoms with Gasteiger partial charge in [-0.25, -0.2) is 8.78 Å². The third kappa shape index (κ3) is 6.00. The maximum absolute atomic E-state index is 14.5. The summed E-state index contributed by atoms with van der Waals surface area (Å²) in [6, 6.07) is 2.80. The monoisotopic (exact) mass is 425 g/mol. The molecule has 5 nitrogen and oxygen atoms in total. The Balaban J connectivity index is 1.84. The van der Waals surface area contributed by atoms with Crippen LogP contribution in [-0.4, -0.2) is 28.2 Å². The van der Waals surface area contributed by atoms with E-state index in [1.165, 1.54) is 25.7 Å². The van der Waals surface area contributed by atoms with Crippen LogP contribution in [0.1, 0.15) is 82.3 Å². The second kappa shape index (κ2) is 11.4. The van der Waals surface area contributed by atoms with Crippen LogP contribution in [0, 0.1) is 17.0 Å². The van der Waals surface area contributed by atoms with Gasteiger partial charge >= 0.3 is 11.9 Å². The molecule has 3 N–H and O–H groups in total. The molecule has 1 aromatic rings. The average Bonchev–Trinajstić information content (AvgIpc) is 3.16. The fourth-order valence-corrected chi connectivity index (χ4v) is 4.19. The van der Waals surface area contributed by atoms with Crippen molar-refractivity contribution < 1.29 is 28.6 Å². The molecule has 30 heavy (non-hydrogen) atoms. The molecule has 1 unspecified atom stereocenters. The molecule has 1 aliphatic carbocycles. The highest BCUT2D eigenvalue weighted by molar-refractivity contribution is 5.98. The first-order valence-corrected chi connectivity index (χ1v) is 11.0. The Kier molecular flexibility index (Phi) is 9.21. The van der Waals surface area contributed by atoms with E-state index in [0.717, 1.165) is 19.3 Å². The largest absolute Gasteiger partial charge is 0.480 e. The van der Waals surface area contributed by atoms with Gasteiger partial charge in [-0.15, -0.1) is 0 Å². The van der Waals surface area contributed by atoms with Crippen LogP contribution >= 0.6 is 0 Å². The maximum Gasteiger partial charge on any atom is 0.321 e. The van der Waals surface area contributed by atoms with E-state index >= 15 is 0 Å². The maximum atomic E-state index is 14.5. The molecule has 0 bridgehead atoms. The van der Waals surface area contributed by atoms with Gasteiger partial charge in [0.15, 0.2) is 17.0 Å². The molecule has 1 aromatic carbocycles. The molecule has 0 aliphatic heterocycles. The molecule has 0 aromatic heterocycles. The van der Waals surface area contributed by atoms with Gasteiger partial charge in [-0.05, 0) is 37.7 Å². The molecule has 7 heteroatoms. The smallest absolute Gasteiger partial charge is 0.321 e. The minimum absolute atomic E-state index is 0.0174.